The number of aromatic nitrogens is 1. The van der Waals surface area contributed by atoms with Crippen LogP contribution in [0.3, 0.4) is 0 Å². The van der Waals surface area contributed by atoms with Gasteiger partial charge in [0.05, 0.1) is 17.6 Å². The lowest BCUT2D eigenvalue weighted by Gasteiger charge is -2.00. The van der Waals surface area contributed by atoms with Crippen molar-refractivity contribution in [1.29, 1.82) is 0 Å². The third-order valence-corrected chi connectivity index (χ3v) is 2.66. The molecule has 86 valence electrons. The van der Waals surface area contributed by atoms with E-state index in [9.17, 15) is 4.79 Å². The first kappa shape index (κ1) is 11.6. The highest BCUT2D eigenvalue weighted by Gasteiger charge is 2.00. The van der Waals surface area contributed by atoms with E-state index < -0.39 is 0 Å². The number of carbonyl (C=O) groups excluding carboxylic acids is 1. The number of pyridine rings is 1. The van der Waals surface area contributed by atoms with E-state index in [4.69, 9.17) is 11.6 Å². The zero-order valence-electron chi connectivity index (χ0n) is 9.18. The lowest BCUT2D eigenvalue weighted by Crippen LogP contribution is -1.93. The monoisotopic (exact) mass is 247 g/mol. The fourth-order valence-electron chi connectivity index (χ4n) is 1.47. The highest BCUT2D eigenvalue weighted by atomic mass is 35.5. The SMILES string of the molecule is COC(=O)C=Cc1ccc2nccc(Cl)c2c1. The number of methoxy groups -OCH3 is 1. The molecule has 17 heavy (non-hydrogen) atoms. The minimum Gasteiger partial charge on any atom is -0.466 e. The summed E-state index contributed by atoms with van der Waals surface area (Å²) in [6.45, 7) is 0. The summed E-state index contributed by atoms with van der Waals surface area (Å²) >= 11 is 6.06. The van der Waals surface area contributed by atoms with Gasteiger partial charge in [-0.1, -0.05) is 17.7 Å². The molecule has 0 aliphatic carbocycles. The molecule has 0 aliphatic rings. The minimum atomic E-state index is -0.387. The maximum atomic E-state index is 11.0. The van der Waals surface area contributed by atoms with Crippen molar-refractivity contribution in [2.45, 2.75) is 0 Å². The van der Waals surface area contributed by atoms with E-state index in [0.717, 1.165) is 16.5 Å². The highest BCUT2D eigenvalue weighted by Crippen LogP contribution is 2.22. The van der Waals surface area contributed by atoms with Gasteiger partial charge < -0.3 is 4.74 Å². The molecular formula is C13H10ClNO2. The van der Waals surface area contributed by atoms with Gasteiger partial charge in [-0.3, -0.25) is 4.98 Å². The molecule has 0 saturated carbocycles. The normalized spacial score (nSPS) is 10.9. The number of benzene rings is 1. The second-order valence-electron chi connectivity index (χ2n) is 3.43. The van der Waals surface area contributed by atoms with Gasteiger partial charge >= 0.3 is 5.97 Å². The van der Waals surface area contributed by atoms with Gasteiger partial charge in [0.2, 0.25) is 0 Å². The van der Waals surface area contributed by atoms with Crippen LogP contribution in [0.1, 0.15) is 5.56 Å². The largest absolute Gasteiger partial charge is 0.466 e. The quantitative estimate of drug-likeness (QED) is 0.605. The third kappa shape index (κ3) is 2.63. The van der Waals surface area contributed by atoms with Crippen molar-refractivity contribution in [3.63, 3.8) is 0 Å². The van der Waals surface area contributed by atoms with Gasteiger partial charge in [-0.2, -0.15) is 0 Å². The molecule has 2 aromatic rings. The van der Waals surface area contributed by atoms with Crippen molar-refractivity contribution in [3.05, 3.63) is 47.1 Å². The summed E-state index contributed by atoms with van der Waals surface area (Å²) in [5.41, 5.74) is 1.70. The Morgan fingerprint density at radius 2 is 2.24 bits per heavy atom. The van der Waals surface area contributed by atoms with Crippen molar-refractivity contribution in [3.8, 4) is 0 Å². The number of halogens is 1. The average Bonchev–Trinajstić information content (AvgIpc) is 2.36. The topological polar surface area (TPSA) is 39.2 Å². The van der Waals surface area contributed by atoms with Gasteiger partial charge in [0.1, 0.15) is 0 Å². The van der Waals surface area contributed by atoms with E-state index >= 15 is 0 Å². The Kier molecular flexibility index (Phi) is 3.40. The van der Waals surface area contributed by atoms with Crippen LogP contribution in [0, 0.1) is 0 Å². The lowest BCUT2D eigenvalue weighted by molar-refractivity contribution is -0.134. The van der Waals surface area contributed by atoms with Crippen molar-refractivity contribution < 1.29 is 9.53 Å². The minimum absolute atomic E-state index is 0.387. The Labute approximate surface area is 104 Å². The number of ether oxygens (including phenoxy) is 1. The van der Waals surface area contributed by atoms with E-state index in [1.165, 1.54) is 13.2 Å². The Balaban J connectivity index is 2.41. The van der Waals surface area contributed by atoms with Crippen LogP contribution in [0.25, 0.3) is 17.0 Å². The molecular weight excluding hydrogens is 238 g/mol. The van der Waals surface area contributed by atoms with Crippen LogP contribution in [-0.4, -0.2) is 18.1 Å². The van der Waals surface area contributed by atoms with Crippen molar-refractivity contribution in [1.82, 2.24) is 4.98 Å². The molecule has 1 aromatic heterocycles. The molecule has 0 unspecified atom stereocenters. The van der Waals surface area contributed by atoms with Crippen LogP contribution in [0.15, 0.2) is 36.5 Å². The van der Waals surface area contributed by atoms with Crippen LogP contribution in [0.4, 0.5) is 0 Å². The van der Waals surface area contributed by atoms with E-state index in [1.54, 1.807) is 18.3 Å². The Hall–Kier alpha value is -1.87. The molecule has 3 nitrogen and oxygen atoms in total. The molecule has 0 atom stereocenters. The summed E-state index contributed by atoms with van der Waals surface area (Å²) in [5, 5.41) is 1.50. The molecule has 0 bridgehead atoms. The number of hydrogen-bond donors (Lipinski definition) is 0. The molecule has 0 aliphatic heterocycles. The summed E-state index contributed by atoms with van der Waals surface area (Å²) in [4.78, 5) is 15.2. The molecule has 0 amide bonds. The Bertz CT molecular complexity index is 593. The predicted octanol–water partition coefficient (Wildman–Crippen LogP) is 3.07. The second-order valence-corrected chi connectivity index (χ2v) is 3.83. The van der Waals surface area contributed by atoms with E-state index in [-0.39, 0.29) is 5.97 Å². The number of rotatable bonds is 2. The summed E-state index contributed by atoms with van der Waals surface area (Å²) in [7, 11) is 1.34. The zero-order valence-corrected chi connectivity index (χ0v) is 9.94. The maximum Gasteiger partial charge on any atom is 0.330 e. The molecule has 0 saturated heterocycles. The molecule has 1 heterocycles. The molecule has 2 rings (SSSR count). The van der Waals surface area contributed by atoms with E-state index in [1.807, 2.05) is 18.2 Å². The van der Waals surface area contributed by atoms with Crippen molar-refractivity contribution >= 4 is 34.5 Å². The average molecular weight is 248 g/mol. The standard InChI is InChI=1S/C13H10ClNO2/c1-17-13(16)5-3-9-2-4-12-10(8-9)11(14)6-7-15-12/h2-8H,1H3. The Morgan fingerprint density at radius 1 is 1.41 bits per heavy atom. The number of hydrogen-bond acceptors (Lipinski definition) is 3. The lowest BCUT2D eigenvalue weighted by atomic mass is 10.1. The van der Waals surface area contributed by atoms with Gasteiger partial charge in [0.15, 0.2) is 0 Å². The number of carbonyl (C=O) groups is 1. The van der Waals surface area contributed by atoms with Crippen LogP contribution in [-0.2, 0) is 9.53 Å². The van der Waals surface area contributed by atoms with Crippen LogP contribution < -0.4 is 0 Å². The summed E-state index contributed by atoms with van der Waals surface area (Å²) in [6, 6.07) is 7.34. The van der Waals surface area contributed by atoms with Crippen molar-refractivity contribution in [2.24, 2.45) is 0 Å². The second kappa shape index (κ2) is 4.97. The fraction of sp³-hybridized carbons (Fsp3) is 0.0769. The summed E-state index contributed by atoms with van der Waals surface area (Å²) in [6.07, 6.45) is 4.70. The van der Waals surface area contributed by atoms with Gasteiger partial charge in [-0.05, 0) is 29.8 Å². The first-order valence-corrected chi connectivity index (χ1v) is 5.39. The molecule has 0 spiro atoms. The van der Waals surface area contributed by atoms with Gasteiger partial charge in [0.25, 0.3) is 0 Å². The van der Waals surface area contributed by atoms with Crippen molar-refractivity contribution in [2.75, 3.05) is 7.11 Å². The molecule has 4 heteroatoms. The number of esters is 1. The highest BCUT2D eigenvalue weighted by molar-refractivity contribution is 6.35. The van der Waals surface area contributed by atoms with Crippen LogP contribution in [0.2, 0.25) is 5.02 Å². The smallest absolute Gasteiger partial charge is 0.330 e. The Morgan fingerprint density at radius 3 is 3.00 bits per heavy atom. The number of fused-ring (bicyclic) bond motifs is 1. The summed E-state index contributed by atoms with van der Waals surface area (Å²) in [5.74, 6) is -0.387. The zero-order chi connectivity index (χ0) is 12.3. The van der Waals surface area contributed by atoms with E-state index in [0.29, 0.717) is 5.02 Å². The van der Waals surface area contributed by atoms with Crippen LogP contribution >= 0.6 is 11.6 Å². The first-order valence-electron chi connectivity index (χ1n) is 5.01. The van der Waals surface area contributed by atoms with E-state index in [2.05, 4.69) is 9.72 Å². The predicted molar refractivity (Wildman–Crippen MR) is 67.8 cm³/mol. The first-order chi connectivity index (χ1) is 8.20. The molecule has 0 radical (unpaired) electrons. The third-order valence-electron chi connectivity index (χ3n) is 2.33. The van der Waals surface area contributed by atoms with Gasteiger partial charge in [-0.25, -0.2) is 4.79 Å². The molecule has 0 fully saturated rings. The van der Waals surface area contributed by atoms with Gasteiger partial charge in [-0.15, -0.1) is 0 Å². The molecule has 1 aromatic carbocycles. The van der Waals surface area contributed by atoms with Crippen LogP contribution in [0.5, 0.6) is 0 Å². The molecule has 0 N–H and O–H groups in total. The maximum absolute atomic E-state index is 11.0. The van der Waals surface area contributed by atoms with Gasteiger partial charge in [0, 0.05) is 17.7 Å². The number of nitrogens with zero attached hydrogens (tertiary/aromatic N) is 1. The summed E-state index contributed by atoms with van der Waals surface area (Å²) < 4.78 is 4.52. The fourth-order valence-corrected chi connectivity index (χ4v) is 1.67.